The number of anilines is 2. The summed E-state index contributed by atoms with van der Waals surface area (Å²) in [6.07, 6.45) is 4.22. The number of benzene rings is 1. The Morgan fingerprint density at radius 2 is 2.04 bits per heavy atom. The summed E-state index contributed by atoms with van der Waals surface area (Å²) < 4.78 is 0. The molecule has 0 amide bonds. The Balaban J connectivity index is 1.59. The third kappa shape index (κ3) is 4.42. The summed E-state index contributed by atoms with van der Waals surface area (Å²) in [5, 5.41) is 3.57. The molecule has 1 aliphatic heterocycles. The molecular weight excluding hydrogens is 286 g/mol. The van der Waals surface area contributed by atoms with Crippen LogP contribution in [0.3, 0.4) is 0 Å². The highest BCUT2D eigenvalue weighted by Gasteiger charge is 2.20. The smallest absolute Gasteiger partial charge is 0.226 e. The van der Waals surface area contributed by atoms with Gasteiger partial charge in [-0.1, -0.05) is 30.3 Å². The van der Waals surface area contributed by atoms with Gasteiger partial charge in [0.25, 0.3) is 0 Å². The molecule has 1 aromatic carbocycles. The van der Waals surface area contributed by atoms with E-state index in [2.05, 4.69) is 50.5 Å². The van der Waals surface area contributed by atoms with Crippen LogP contribution in [0.1, 0.15) is 18.4 Å². The summed E-state index contributed by atoms with van der Waals surface area (Å²) in [7, 11) is 3.92. The van der Waals surface area contributed by atoms with Crippen molar-refractivity contribution in [1.82, 2.24) is 14.9 Å². The number of aromatic nitrogens is 2. The van der Waals surface area contributed by atoms with E-state index in [1.807, 2.05) is 31.3 Å². The normalized spacial score (nSPS) is 18.6. The van der Waals surface area contributed by atoms with Crippen molar-refractivity contribution in [2.75, 3.05) is 37.4 Å². The molecule has 1 atom stereocenters. The first-order valence-electron chi connectivity index (χ1n) is 8.24. The van der Waals surface area contributed by atoms with Gasteiger partial charge in [-0.15, -0.1) is 0 Å². The molecule has 1 N–H and O–H groups in total. The molecule has 1 aliphatic rings. The highest BCUT2D eigenvalue weighted by atomic mass is 15.2. The average molecular weight is 311 g/mol. The number of likely N-dealkylation sites (tertiary alicyclic amines) is 1. The molecule has 5 heteroatoms. The fourth-order valence-electron chi connectivity index (χ4n) is 3.01. The Bertz CT molecular complexity index is 614. The van der Waals surface area contributed by atoms with Gasteiger partial charge < -0.3 is 10.2 Å². The Morgan fingerprint density at radius 3 is 2.83 bits per heavy atom. The molecule has 3 rings (SSSR count). The van der Waals surface area contributed by atoms with Crippen LogP contribution < -0.4 is 10.2 Å². The van der Waals surface area contributed by atoms with Gasteiger partial charge in [0.2, 0.25) is 5.95 Å². The molecule has 0 saturated carbocycles. The summed E-state index contributed by atoms with van der Waals surface area (Å²) in [6, 6.07) is 13.1. The molecular formula is C18H25N5. The molecule has 23 heavy (non-hydrogen) atoms. The number of piperidine rings is 1. The first-order valence-corrected chi connectivity index (χ1v) is 8.24. The molecule has 0 aliphatic carbocycles. The second-order valence-corrected chi connectivity index (χ2v) is 6.34. The van der Waals surface area contributed by atoms with E-state index in [0.29, 0.717) is 6.04 Å². The maximum absolute atomic E-state index is 4.56. The second-order valence-electron chi connectivity index (χ2n) is 6.34. The van der Waals surface area contributed by atoms with Crippen LogP contribution in [0.4, 0.5) is 11.8 Å². The lowest BCUT2D eigenvalue weighted by Crippen LogP contribution is -2.41. The Kier molecular flexibility index (Phi) is 5.08. The van der Waals surface area contributed by atoms with Crippen molar-refractivity contribution in [3.63, 3.8) is 0 Å². The van der Waals surface area contributed by atoms with Gasteiger partial charge >= 0.3 is 0 Å². The summed E-state index contributed by atoms with van der Waals surface area (Å²) in [6.45, 7) is 3.24. The maximum atomic E-state index is 4.56. The van der Waals surface area contributed by atoms with Crippen LogP contribution in [0, 0.1) is 0 Å². The van der Waals surface area contributed by atoms with Crippen LogP contribution in [-0.2, 0) is 6.54 Å². The van der Waals surface area contributed by atoms with E-state index >= 15 is 0 Å². The summed E-state index contributed by atoms with van der Waals surface area (Å²) >= 11 is 0. The molecule has 122 valence electrons. The average Bonchev–Trinajstić information content (AvgIpc) is 2.56. The fourth-order valence-corrected chi connectivity index (χ4v) is 3.01. The van der Waals surface area contributed by atoms with Gasteiger partial charge in [0.05, 0.1) is 0 Å². The summed E-state index contributed by atoms with van der Waals surface area (Å²) in [4.78, 5) is 13.3. The summed E-state index contributed by atoms with van der Waals surface area (Å²) in [5.74, 6) is 1.65. The first-order chi connectivity index (χ1) is 11.2. The van der Waals surface area contributed by atoms with Gasteiger partial charge in [-0.3, -0.25) is 4.90 Å². The summed E-state index contributed by atoms with van der Waals surface area (Å²) in [5.41, 5.74) is 1.38. The molecule has 1 saturated heterocycles. The monoisotopic (exact) mass is 311 g/mol. The van der Waals surface area contributed by atoms with Crippen LogP contribution in [0.25, 0.3) is 0 Å². The molecule has 0 bridgehead atoms. The van der Waals surface area contributed by atoms with Crippen molar-refractivity contribution < 1.29 is 0 Å². The van der Waals surface area contributed by atoms with E-state index in [-0.39, 0.29) is 0 Å². The lowest BCUT2D eigenvalue weighted by atomic mass is 10.0. The van der Waals surface area contributed by atoms with Gasteiger partial charge in [-0.2, -0.15) is 4.98 Å². The number of hydrogen-bond donors (Lipinski definition) is 1. The van der Waals surface area contributed by atoms with Crippen molar-refractivity contribution in [3.05, 3.63) is 48.2 Å². The minimum absolute atomic E-state index is 0.442. The lowest BCUT2D eigenvalue weighted by Gasteiger charge is -2.33. The van der Waals surface area contributed by atoms with Crippen molar-refractivity contribution in [1.29, 1.82) is 0 Å². The first kappa shape index (κ1) is 15.7. The number of nitrogens with one attached hydrogen (secondary N) is 1. The van der Waals surface area contributed by atoms with Gasteiger partial charge in [0.1, 0.15) is 5.82 Å². The van der Waals surface area contributed by atoms with Crippen molar-refractivity contribution in [2.24, 2.45) is 0 Å². The molecule has 1 aromatic heterocycles. The molecule has 2 aromatic rings. The zero-order chi connectivity index (χ0) is 16.1. The van der Waals surface area contributed by atoms with Crippen LogP contribution >= 0.6 is 0 Å². The predicted octanol–water partition coefficient (Wildman–Crippen LogP) is 2.62. The predicted molar refractivity (Wildman–Crippen MR) is 94.7 cm³/mol. The van der Waals surface area contributed by atoms with E-state index in [4.69, 9.17) is 0 Å². The van der Waals surface area contributed by atoms with E-state index < -0.39 is 0 Å². The zero-order valence-corrected chi connectivity index (χ0v) is 13.9. The van der Waals surface area contributed by atoms with Gasteiger partial charge in [-0.25, -0.2) is 4.98 Å². The molecule has 2 heterocycles. The Hall–Kier alpha value is -2.14. The third-order valence-corrected chi connectivity index (χ3v) is 4.15. The minimum Gasteiger partial charge on any atom is -0.366 e. The van der Waals surface area contributed by atoms with Gasteiger partial charge in [0.15, 0.2) is 0 Å². The zero-order valence-electron chi connectivity index (χ0n) is 13.9. The van der Waals surface area contributed by atoms with Crippen molar-refractivity contribution in [2.45, 2.75) is 25.4 Å². The van der Waals surface area contributed by atoms with Crippen molar-refractivity contribution >= 4 is 11.8 Å². The van der Waals surface area contributed by atoms with Gasteiger partial charge in [0, 0.05) is 39.4 Å². The Morgan fingerprint density at radius 1 is 1.22 bits per heavy atom. The molecule has 0 spiro atoms. The van der Waals surface area contributed by atoms with Crippen LogP contribution in [0.15, 0.2) is 42.6 Å². The minimum atomic E-state index is 0.442. The highest BCUT2D eigenvalue weighted by molar-refractivity contribution is 5.41. The molecule has 1 fully saturated rings. The largest absolute Gasteiger partial charge is 0.366 e. The van der Waals surface area contributed by atoms with E-state index in [9.17, 15) is 0 Å². The molecule has 5 nitrogen and oxygen atoms in total. The molecule has 0 radical (unpaired) electrons. The number of hydrogen-bond acceptors (Lipinski definition) is 5. The quantitative estimate of drug-likeness (QED) is 0.919. The number of rotatable bonds is 5. The third-order valence-electron chi connectivity index (χ3n) is 4.15. The van der Waals surface area contributed by atoms with E-state index in [1.165, 1.54) is 24.9 Å². The maximum Gasteiger partial charge on any atom is 0.226 e. The number of nitrogens with zero attached hydrogens (tertiary/aromatic N) is 4. The van der Waals surface area contributed by atoms with Crippen LogP contribution in [-0.4, -0.2) is 48.1 Å². The van der Waals surface area contributed by atoms with E-state index in [0.717, 1.165) is 24.9 Å². The second kappa shape index (κ2) is 7.42. The Labute approximate surface area is 138 Å². The van der Waals surface area contributed by atoms with E-state index in [1.54, 1.807) is 0 Å². The van der Waals surface area contributed by atoms with Crippen LogP contribution in [0.2, 0.25) is 0 Å². The topological polar surface area (TPSA) is 44.3 Å². The van der Waals surface area contributed by atoms with Gasteiger partial charge in [-0.05, 0) is 31.0 Å². The van der Waals surface area contributed by atoms with Crippen molar-refractivity contribution in [3.8, 4) is 0 Å². The fraction of sp³-hybridized carbons (Fsp3) is 0.444. The SMILES string of the molecule is CN(C)c1nccc(NC2CCCN(Cc3ccccc3)C2)n1. The lowest BCUT2D eigenvalue weighted by molar-refractivity contribution is 0.208. The highest BCUT2D eigenvalue weighted by Crippen LogP contribution is 2.17. The standard InChI is InChI=1S/C18H25N5/c1-22(2)18-19-11-10-17(21-18)20-16-9-6-12-23(14-16)13-15-7-4-3-5-8-15/h3-5,7-8,10-11,16H,6,9,12-14H2,1-2H3,(H,19,20,21). The van der Waals surface area contributed by atoms with Crippen LogP contribution in [0.5, 0.6) is 0 Å². The molecule has 1 unspecified atom stereocenters.